The van der Waals surface area contributed by atoms with Gasteiger partial charge in [-0.05, 0) is 19.1 Å². The van der Waals surface area contributed by atoms with E-state index in [9.17, 15) is 9.59 Å². The minimum absolute atomic E-state index is 0.199. The van der Waals surface area contributed by atoms with Crippen molar-refractivity contribution in [3.63, 3.8) is 0 Å². The molecule has 2 aromatic carbocycles. The van der Waals surface area contributed by atoms with Crippen LogP contribution in [-0.2, 0) is 9.53 Å². The lowest BCUT2D eigenvalue weighted by Gasteiger charge is -2.10. The van der Waals surface area contributed by atoms with E-state index in [4.69, 9.17) is 18.7 Å². The Morgan fingerprint density at radius 2 is 1.83 bits per heavy atom. The van der Waals surface area contributed by atoms with Gasteiger partial charge in [0.25, 0.3) is 5.91 Å². The van der Waals surface area contributed by atoms with Crippen LogP contribution >= 0.6 is 0 Å². The molecule has 1 N–H and O–H groups in total. The van der Waals surface area contributed by atoms with Crippen molar-refractivity contribution in [3.05, 3.63) is 59.9 Å². The van der Waals surface area contributed by atoms with Crippen molar-refractivity contribution in [3.8, 4) is 22.8 Å². The number of amides is 1. The number of esters is 1. The van der Waals surface area contributed by atoms with Crippen LogP contribution in [0.4, 0.5) is 5.69 Å². The van der Waals surface area contributed by atoms with Crippen LogP contribution in [0.1, 0.15) is 22.5 Å². The normalized spacial score (nSPS) is 12.7. The van der Waals surface area contributed by atoms with E-state index in [2.05, 4.69) is 10.5 Å². The minimum atomic E-state index is -0.679. The molecule has 0 fully saturated rings. The van der Waals surface area contributed by atoms with Crippen LogP contribution in [-0.4, -0.2) is 36.9 Å². The number of hydrogen-bond acceptors (Lipinski definition) is 7. The highest BCUT2D eigenvalue weighted by molar-refractivity contribution is 5.99. The van der Waals surface area contributed by atoms with Crippen LogP contribution in [0.3, 0.4) is 0 Å². The van der Waals surface area contributed by atoms with Gasteiger partial charge in [0.15, 0.2) is 18.1 Å². The van der Waals surface area contributed by atoms with E-state index < -0.39 is 18.5 Å². The zero-order valence-corrected chi connectivity index (χ0v) is 16.3. The van der Waals surface area contributed by atoms with Gasteiger partial charge in [-0.15, -0.1) is 0 Å². The molecular formula is C22H20N2O6. The largest absolute Gasteiger partial charge is 0.490 e. The third kappa shape index (κ3) is 4.27. The maximum atomic E-state index is 12.6. The predicted molar refractivity (Wildman–Crippen MR) is 108 cm³/mol. The van der Waals surface area contributed by atoms with Crippen LogP contribution in [0.15, 0.2) is 53.1 Å². The topological polar surface area (TPSA) is 99.9 Å². The van der Waals surface area contributed by atoms with E-state index in [1.165, 1.54) is 0 Å². The molecule has 2 heterocycles. The molecule has 8 nitrogen and oxygen atoms in total. The lowest BCUT2D eigenvalue weighted by Crippen LogP contribution is -2.21. The van der Waals surface area contributed by atoms with Crippen molar-refractivity contribution < 1.29 is 28.3 Å². The Morgan fingerprint density at radius 3 is 2.63 bits per heavy atom. The Labute approximate surface area is 172 Å². The third-order valence-electron chi connectivity index (χ3n) is 4.48. The molecule has 0 bridgehead atoms. The molecule has 0 saturated heterocycles. The van der Waals surface area contributed by atoms with Crippen molar-refractivity contribution in [1.82, 2.24) is 5.16 Å². The molecule has 3 aromatic rings. The first-order valence-corrected chi connectivity index (χ1v) is 9.50. The molecule has 30 heavy (non-hydrogen) atoms. The highest BCUT2D eigenvalue weighted by atomic mass is 16.5. The van der Waals surface area contributed by atoms with Crippen LogP contribution in [0.2, 0.25) is 0 Å². The Morgan fingerprint density at radius 1 is 1.07 bits per heavy atom. The summed E-state index contributed by atoms with van der Waals surface area (Å²) in [5.74, 6) is 0.361. The number of anilines is 1. The molecule has 0 radical (unpaired) electrons. The van der Waals surface area contributed by atoms with Crippen molar-refractivity contribution in [2.24, 2.45) is 0 Å². The monoisotopic (exact) mass is 408 g/mol. The number of aromatic nitrogens is 1. The Kier molecular flexibility index (Phi) is 5.65. The quantitative estimate of drug-likeness (QED) is 0.644. The third-order valence-corrected chi connectivity index (χ3v) is 4.48. The summed E-state index contributed by atoms with van der Waals surface area (Å²) in [6.07, 6.45) is 0.791. The van der Waals surface area contributed by atoms with Crippen LogP contribution in [0, 0.1) is 6.92 Å². The van der Waals surface area contributed by atoms with Gasteiger partial charge < -0.3 is 24.1 Å². The maximum absolute atomic E-state index is 12.6. The number of hydrogen-bond donors (Lipinski definition) is 1. The van der Waals surface area contributed by atoms with E-state index in [1.807, 2.05) is 30.3 Å². The number of fused-ring (bicyclic) bond motifs is 1. The van der Waals surface area contributed by atoms with Gasteiger partial charge in [0.2, 0.25) is 0 Å². The van der Waals surface area contributed by atoms with Gasteiger partial charge in [-0.25, -0.2) is 4.79 Å². The summed E-state index contributed by atoms with van der Waals surface area (Å²) in [5, 5.41) is 6.63. The fraction of sp³-hybridized carbons (Fsp3) is 0.227. The summed E-state index contributed by atoms with van der Waals surface area (Å²) in [6.45, 7) is 2.30. The van der Waals surface area contributed by atoms with Crippen LogP contribution in [0.25, 0.3) is 11.3 Å². The van der Waals surface area contributed by atoms with E-state index in [1.54, 1.807) is 25.1 Å². The number of carbonyl (C=O) groups is 2. The highest BCUT2D eigenvalue weighted by Gasteiger charge is 2.23. The van der Waals surface area contributed by atoms with Gasteiger partial charge >= 0.3 is 5.97 Å². The number of rotatable bonds is 5. The van der Waals surface area contributed by atoms with E-state index in [-0.39, 0.29) is 5.56 Å². The second-order valence-corrected chi connectivity index (χ2v) is 6.66. The first-order valence-electron chi connectivity index (χ1n) is 9.50. The van der Waals surface area contributed by atoms with Crippen LogP contribution in [0.5, 0.6) is 11.5 Å². The molecule has 1 amide bonds. The first-order chi connectivity index (χ1) is 14.6. The molecule has 1 aromatic heterocycles. The lowest BCUT2D eigenvalue weighted by atomic mass is 10.1. The molecule has 0 aliphatic carbocycles. The smallest absolute Gasteiger partial charge is 0.344 e. The molecular weight excluding hydrogens is 388 g/mol. The first kappa shape index (κ1) is 19.5. The van der Waals surface area contributed by atoms with Gasteiger partial charge in [0.1, 0.15) is 17.0 Å². The Balaban J connectivity index is 1.40. The highest BCUT2D eigenvalue weighted by Crippen LogP contribution is 2.32. The summed E-state index contributed by atoms with van der Waals surface area (Å²) in [5.41, 5.74) is 1.82. The molecule has 8 heteroatoms. The second-order valence-electron chi connectivity index (χ2n) is 6.66. The molecule has 154 valence electrons. The number of nitrogens with zero attached hydrogens (tertiary/aromatic N) is 1. The Bertz CT molecular complexity index is 1060. The molecule has 0 unspecified atom stereocenters. The van der Waals surface area contributed by atoms with E-state index in [0.717, 1.165) is 12.0 Å². The molecule has 0 spiro atoms. The predicted octanol–water partition coefficient (Wildman–Crippen LogP) is 3.61. The number of benzene rings is 2. The zero-order chi connectivity index (χ0) is 20.9. The fourth-order valence-electron chi connectivity index (χ4n) is 3.05. The lowest BCUT2D eigenvalue weighted by molar-refractivity contribution is -0.119. The van der Waals surface area contributed by atoms with Gasteiger partial charge in [0, 0.05) is 23.7 Å². The summed E-state index contributed by atoms with van der Waals surface area (Å²) < 4.78 is 21.5. The molecule has 1 aliphatic heterocycles. The van der Waals surface area contributed by atoms with Crippen molar-refractivity contribution in [2.45, 2.75) is 13.3 Å². The summed E-state index contributed by atoms with van der Waals surface area (Å²) in [4.78, 5) is 24.8. The summed E-state index contributed by atoms with van der Waals surface area (Å²) >= 11 is 0. The summed E-state index contributed by atoms with van der Waals surface area (Å²) in [6, 6.07) is 14.3. The average Bonchev–Trinajstić information content (AvgIpc) is 2.99. The SMILES string of the molecule is Cc1onc(-c2ccccc2)c1C(=O)OCC(=O)Nc1ccc2c(c1)OCCCO2. The number of nitrogens with one attached hydrogen (secondary N) is 1. The zero-order valence-electron chi connectivity index (χ0n) is 16.3. The van der Waals surface area contributed by atoms with Crippen molar-refractivity contribution in [2.75, 3.05) is 25.1 Å². The summed E-state index contributed by atoms with van der Waals surface area (Å²) in [7, 11) is 0. The molecule has 0 saturated carbocycles. The van der Waals surface area contributed by atoms with Crippen molar-refractivity contribution in [1.29, 1.82) is 0 Å². The number of carbonyl (C=O) groups excluding carboxylic acids is 2. The van der Waals surface area contributed by atoms with Gasteiger partial charge in [0.05, 0.1) is 13.2 Å². The second kappa shape index (κ2) is 8.69. The van der Waals surface area contributed by atoms with Gasteiger partial charge in [-0.2, -0.15) is 0 Å². The van der Waals surface area contributed by atoms with E-state index >= 15 is 0 Å². The van der Waals surface area contributed by atoms with Crippen LogP contribution < -0.4 is 14.8 Å². The van der Waals surface area contributed by atoms with E-state index in [0.29, 0.717) is 41.9 Å². The van der Waals surface area contributed by atoms with Crippen molar-refractivity contribution >= 4 is 17.6 Å². The molecule has 4 rings (SSSR count). The minimum Gasteiger partial charge on any atom is -0.490 e. The molecule has 0 atom stereocenters. The number of ether oxygens (including phenoxy) is 3. The Hall–Kier alpha value is -3.81. The fourth-order valence-corrected chi connectivity index (χ4v) is 3.05. The molecule has 1 aliphatic rings. The van der Waals surface area contributed by atoms with Gasteiger partial charge in [-0.3, -0.25) is 4.79 Å². The number of aryl methyl sites for hydroxylation is 1. The maximum Gasteiger partial charge on any atom is 0.344 e. The average molecular weight is 408 g/mol. The van der Waals surface area contributed by atoms with Gasteiger partial charge in [-0.1, -0.05) is 35.5 Å². The standard InChI is InChI=1S/C22H20N2O6/c1-14-20(21(24-30-14)15-6-3-2-4-7-15)22(26)29-13-19(25)23-16-8-9-17-18(12-16)28-11-5-10-27-17/h2-4,6-9,12H,5,10-11,13H2,1H3,(H,23,25).